The Balaban J connectivity index is 0.929. The van der Waals surface area contributed by atoms with E-state index in [4.69, 9.17) is 14.7 Å². The summed E-state index contributed by atoms with van der Waals surface area (Å²) in [6.45, 7) is 5.00. The highest BCUT2D eigenvalue weighted by atomic mass is 16.5. The summed E-state index contributed by atoms with van der Waals surface area (Å²) in [6.07, 6.45) is 14.2. The summed E-state index contributed by atoms with van der Waals surface area (Å²) >= 11 is 0. The Kier molecular flexibility index (Phi) is 11.5. The molecule has 54 heavy (non-hydrogen) atoms. The molecule has 0 unspecified atom stereocenters. The minimum Gasteiger partial charge on any atom is -0.453 e. The Morgan fingerprint density at radius 2 is 1.44 bits per heavy atom. The number of likely N-dealkylation sites (tertiary alicyclic amines) is 1. The Morgan fingerprint density at radius 3 is 2.07 bits per heavy atom. The van der Waals surface area contributed by atoms with Crippen LogP contribution in [0.3, 0.4) is 0 Å². The molecule has 1 saturated carbocycles. The molecule has 2 N–H and O–H groups in total. The van der Waals surface area contributed by atoms with Gasteiger partial charge in [-0.3, -0.25) is 24.6 Å². The Morgan fingerprint density at radius 1 is 0.815 bits per heavy atom. The van der Waals surface area contributed by atoms with E-state index in [0.717, 1.165) is 89.8 Å². The molecule has 3 aliphatic heterocycles. The van der Waals surface area contributed by atoms with Crippen LogP contribution in [0, 0.1) is 17.8 Å². The highest BCUT2D eigenvalue weighted by Crippen LogP contribution is 2.37. The van der Waals surface area contributed by atoms with Gasteiger partial charge in [-0.2, -0.15) is 0 Å². The van der Waals surface area contributed by atoms with Gasteiger partial charge in [0.25, 0.3) is 0 Å². The molecule has 3 amide bonds. The number of nitrogens with zero attached hydrogens (tertiary/aromatic N) is 4. The van der Waals surface area contributed by atoms with E-state index in [0.29, 0.717) is 19.5 Å². The number of hydrogen-bond acceptors (Lipinski definition) is 7. The van der Waals surface area contributed by atoms with Gasteiger partial charge < -0.3 is 20.3 Å². The van der Waals surface area contributed by atoms with E-state index in [1.165, 1.54) is 12.7 Å². The smallest absolute Gasteiger partial charge is 0.407 e. The zero-order valence-corrected chi connectivity index (χ0v) is 31.5. The number of ether oxygens (including phenoxy) is 1. The van der Waals surface area contributed by atoms with Crippen LogP contribution in [-0.2, 0) is 20.9 Å². The lowest BCUT2D eigenvalue weighted by Gasteiger charge is -2.31. The summed E-state index contributed by atoms with van der Waals surface area (Å²) < 4.78 is 4.77. The number of alkyl carbamates (subject to hydrolysis) is 1. The first-order chi connectivity index (χ1) is 26.3. The third-order valence-corrected chi connectivity index (χ3v) is 11.4. The first kappa shape index (κ1) is 37.0. The number of carbonyl (C=O) groups excluding carboxylic acids is 3. The lowest BCUT2D eigenvalue weighted by molar-refractivity contribution is -0.134. The molecule has 2 aromatic carbocycles. The van der Waals surface area contributed by atoms with Gasteiger partial charge in [0.2, 0.25) is 11.8 Å². The molecular weight excluding hydrogens is 677 g/mol. The lowest BCUT2D eigenvalue weighted by atomic mass is 9.75. The van der Waals surface area contributed by atoms with E-state index in [-0.39, 0.29) is 35.6 Å². The molecule has 2 fully saturated rings. The van der Waals surface area contributed by atoms with Crippen molar-refractivity contribution in [3.05, 3.63) is 102 Å². The highest BCUT2D eigenvalue weighted by Gasteiger charge is 2.39. The molecule has 10 nitrogen and oxygen atoms in total. The van der Waals surface area contributed by atoms with Crippen molar-refractivity contribution >= 4 is 40.5 Å². The maximum absolute atomic E-state index is 13.6. The number of pyridine rings is 1. The fourth-order valence-electron chi connectivity index (χ4n) is 8.35. The summed E-state index contributed by atoms with van der Waals surface area (Å²) in [5.74, 6) is 0.0786. The standard InChI is InChI=1S/C44H50N6O4/c1-28(2)41(49-44(53)54-3)43(52)50-21-7-11-40(50)39-23-35(27-47-39)33-18-14-31(15-19-33)30-12-16-32(17-13-30)34-22-38(46-26-34)36-9-4-5-10-37(36)42(51)48-25-29-8-6-20-45-24-29/h6,8,12-20,24,26-28,36-37,40-41H,4-5,7,9-11,21-23,25H2,1-3H3,(H,48,51)(H,49,53)/t36-,37-,40-,41-/m0/s1. The van der Waals surface area contributed by atoms with Crippen molar-refractivity contribution in [2.45, 2.75) is 83.8 Å². The molecule has 4 aliphatic rings. The summed E-state index contributed by atoms with van der Waals surface area (Å²) in [5, 5.41) is 5.87. The van der Waals surface area contributed by atoms with Crippen LogP contribution in [0.4, 0.5) is 4.79 Å². The predicted molar refractivity (Wildman–Crippen MR) is 212 cm³/mol. The molecule has 1 aliphatic carbocycles. The summed E-state index contributed by atoms with van der Waals surface area (Å²) in [7, 11) is 1.31. The summed E-state index contributed by atoms with van der Waals surface area (Å²) in [5.41, 5.74) is 10.00. The number of aromatic nitrogens is 1. The van der Waals surface area contributed by atoms with Crippen molar-refractivity contribution in [2.75, 3.05) is 13.7 Å². The van der Waals surface area contributed by atoms with E-state index in [9.17, 15) is 14.4 Å². The average molecular weight is 727 g/mol. The second-order valence-corrected chi connectivity index (χ2v) is 15.2. The zero-order valence-electron chi connectivity index (χ0n) is 31.5. The van der Waals surface area contributed by atoms with E-state index in [1.54, 1.807) is 12.4 Å². The molecule has 1 aromatic heterocycles. The average Bonchev–Trinajstić information content (AvgIpc) is 4.01. The number of aliphatic imine (C=N–C) groups is 2. The fourth-order valence-corrected chi connectivity index (χ4v) is 8.35. The van der Waals surface area contributed by atoms with Crippen LogP contribution in [0.2, 0.25) is 0 Å². The molecule has 4 heterocycles. The van der Waals surface area contributed by atoms with Crippen LogP contribution in [0.25, 0.3) is 22.3 Å². The number of rotatable bonds is 11. The van der Waals surface area contributed by atoms with Crippen molar-refractivity contribution in [3.63, 3.8) is 0 Å². The molecule has 280 valence electrons. The molecule has 7 rings (SSSR count). The number of hydrogen-bond donors (Lipinski definition) is 2. The minimum atomic E-state index is -0.646. The number of amides is 3. The molecule has 0 spiro atoms. The van der Waals surface area contributed by atoms with E-state index < -0.39 is 12.1 Å². The number of nitrogens with one attached hydrogen (secondary N) is 2. The first-order valence-electron chi connectivity index (χ1n) is 19.3. The highest BCUT2D eigenvalue weighted by molar-refractivity contribution is 6.04. The summed E-state index contributed by atoms with van der Waals surface area (Å²) in [4.78, 5) is 54.5. The van der Waals surface area contributed by atoms with Gasteiger partial charge >= 0.3 is 6.09 Å². The topological polar surface area (TPSA) is 125 Å². The maximum atomic E-state index is 13.6. The van der Waals surface area contributed by atoms with Gasteiger partial charge in [0.05, 0.1) is 13.2 Å². The van der Waals surface area contributed by atoms with Crippen molar-refractivity contribution < 1.29 is 19.1 Å². The second-order valence-electron chi connectivity index (χ2n) is 15.2. The Bertz CT molecular complexity index is 1970. The normalized spacial score (nSPS) is 21.6. The Labute approximate surface area is 317 Å². The van der Waals surface area contributed by atoms with Crippen LogP contribution >= 0.6 is 0 Å². The van der Waals surface area contributed by atoms with Gasteiger partial charge in [-0.15, -0.1) is 0 Å². The van der Waals surface area contributed by atoms with Crippen molar-refractivity contribution in [1.82, 2.24) is 20.5 Å². The minimum absolute atomic E-state index is 0.0497. The first-order valence-corrected chi connectivity index (χ1v) is 19.3. The van der Waals surface area contributed by atoms with Gasteiger partial charge in [-0.25, -0.2) is 4.79 Å². The van der Waals surface area contributed by atoms with Crippen LogP contribution in [0.1, 0.15) is 81.9 Å². The van der Waals surface area contributed by atoms with Crippen LogP contribution in [-0.4, -0.2) is 65.0 Å². The maximum Gasteiger partial charge on any atom is 0.407 e. The van der Waals surface area contributed by atoms with E-state index >= 15 is 0 Å². The molecule has 0 radical (unpaired) electrons. The van der Waals surface area contributed by atoms with Gasteiger partial charge in [0.15, 0.2) is 0 Å². The van der Waals surface area contributed by atoms with Crippen LogP contribution in [0.5, 0.6) is 0 Å². The lowest BCUT2D eigenvalue weighted by Crippen LogP contribution is -2.53. The Hall–Kier alpha value is -5.38. The third-order valence-electron chi connectivity index (χ3n) is 11.4. The van der Waals surface area contributed by atoms with Crippen molar-refractivity contribution in [1.29, 1.82) is 0 Å². The molecule has 10 heteroatoms. The largest absolute Gasteiger partial charge is 0.453 e. The molecule has 4 atom stereocenters. The predicted octanol–water partition coefficient (Wildman–Crippen LogP) is 7.61. The van der Waals surface area contributed by atoms with Gasteiger partial charge in [-0.05, 0) is 76.6 Å². The zero-order chi connectivity index (χ0) is 37.6. The molecule has 3 aromatic rings. The van der Waals surface area contributed by atoms with Crippen molar-refractivity contribution in [2.24, 2.45) is 27.7 Å². The number of allylic oxidation sites excluding steroid dienone is 2. The van der Waals surface area contributed by atoms with Crippen LogP contribution < -0.4 is 10.6 Å². The quantitative estimate of drug-likeness (QED) is 0.211. The molecular formula is C44H50N6O4. The van der Waals surface area contributed by atoms with E-state index in [2.05, 4.69) is 64.1 Å². The number of benzene rings is 2. The summed E-state index contributed by atoms with van der Waals surface area (Å²) in [6, 6.07) is 20.4. The second kappa shape index (κ2) is 16.7. The van der Waals surface area contributed by atoms with Crippen LogP contribution in [0.15, 0.2) is 95.4 Å². The third kappa shape index (κ3) is 8.22. The van der Waals surface area contributed by atoms with Gasteiger partial charge in [-0.1, -0.05) is 81.3 Å². The number of methoxy groups -OCH3 is 1. The number of carbonyl (C=O) groups is 3. The monoisotopic (exact) mass is 726 g/mol. The molecule has 1 saturated heterocycles. The fraction of sp³-hybridized carbons (Fsp3) is 0.409. The van der Waals surface area contributed by atoms with E-state index in [1.807, 2.05) is 43.3 Å². The van der Waals surface area contributed by atoms with Gasteiger partial charge in [0, 0.05) is 74.0 Å². The molecule has 0 bridgehead atoms. The SMILES string of the molecule is COC(=O)N[C@H](C(=O)N1CCC[C@H]1C1=NC=C(c2ccc(-c3ccc(C4=CN=C([C@H]5CCCC[C@@H]5C(=O)NCc5cccnc5)C4)cc3)cc2)C1)C(C)C. The van der Waals surface area contributed by atoms with Crippen molar-refractivity contribution in [3.8, 4) is 11.1 Å². The van der Waals surface area contributed by atoms with Gasteiger partial charge in [0.1, 0.15) is 6.04 Å².